The third-order valence-corrected chi connectivity index (χ3v) is 6.61. The van der Waals surface area contributed by atoms with E-state index in [2.05, 4.69) is 5.32 Å². The molecule has 2 aliphatic rings. The van der Waals surface area contributed by atoms with E-state index in [1.807, 2.05) is 11.9 Å². The highest BCUT2D eigenvalue weighted by molar-refractivity contribution is 7.91. The molecule has 2 amide bonds. The van der Waals surface area contributed by atoms with Crippen LogP contribution in [0.15, 0.2) is 18.2 Å². The first-order valence-corrected chi connectivity index (χ1v) is 9.82. The van der Waals surface area contributed by atoms with Crippen LogP contribution in [0.1, 0.15) is 0 Å². The number of benzene rings is 1. The van der Waals surface area contributed by atoms with E-state index in [1.165, 1.54) is 7.11 Å². The quantitative estimate of drug-likeness (QED) is 0.845. The maximum absolute atomic E-state index is 12.6. The molecule has 2 aliphatic heterocycles. The van der Waals surface area contributed by atoms with Crippen LogP contribution >= 0.6 is 11.6 Å². The van der Waals surface area contributed by atoms with Gasteiger partial charge in [0, 0.05) is 24.8 Å². The number of methoxy groups -OCH3 is 1. The van der Waals surface area contributed by atoms with Crippen molar-refractivity contribution in [1.82, 2.24) is 9.80 Å². The molecule has 0 unspecified atom stereocenters. The number of halogens is 1. The Hall–Kier alpha value is -1.51. The van der Waals surface area contributed by atoms with Crippen molar-refractivity contribution < 1.29 is 17.9 Å². The molecule has 2 fully saturated rings. The first-order chi connectivity index (χ1) is 11.3. The van der Waals surface area contributed by atoms with Crippen molar-refractivity contribution in [3.8, 4) is 5.75 Å². The Bertz CT molecular complexity index is 755. The fraction of sp³-hybridized carbons (Fsp3) is 0.533. The molecule has 7 nitrogen and oxygen atoms in total. The minimum absolute atomic E-state index is 0.0127. The third-order valence-electron chi connectivity index (χ3n) is 4.62. The van der Waals surface area contributed by atoms with Gasteiger partial charge < -0.3 is 15.0 Å². The van der Waals surface area contributed by atoms with Crippen LogP contribution in [0.25, 0.3) is 0 Å². The van der Waals surface area contributed by atoms with Crippen molar-refractivity contribution in [2.45, 2.75) is 12.1 Å². The molecule has 24 heavy (non-hydrogen) atoms. The standard InChI is InChI=1S/C15H20ClN3O4S/c1-18-5-6-19(13-9-24(21,22)8-12(13)18)15(20)17-10-3-4-14(23-2)11(16)7-10/h3-4,7,12-13H,5-6,8-9H2,1-2H3,(H,17,20)/t12-,13+/m0/s1. The SMILES string of the molecule is COc1ccc(NC(=O)N2CCN(C)[C@H]3CS(=O)(=O)C[C@H]32)cc1Cl. The number of anilines is 1. The van der Waals surface area contributed by atoms with Gasteiger partial charge in [-0.05, 0) is 25.2 Å². The fourth-order valence-corrected chi connectivity index (χ4v) is 5.63. The van der Waals surface area contributed by atoms with E-state index in [1.54, 1.807) is 23.1 Å². The summed E-state index contributed by atoms with van der Waals surface area (Å²) in [6.07, 6.45) is 0. The number of hydrogen-bond acceptors (Lipinski definition) is 5. The number of likely N-dealkylation sites (N-methyl/N-ethyl adjacent to an activating group) is 1. The number of urea groups is 1. The van der Waals surface area contributed by atoms with Gasteiger partial charge in [0.1, 0.15) is 5.75 Å². The average Bonchev–Trinajstić information content (AvgIpc) is 2.84. The topological polar surface area (TPSA) is 79.0 Å². The Labute approximate surface area is 146 Å². The van der Waals surface area contributed by atoms with Crippen LogP contribution in [-0.2, 0) is 9.84 Å². The predicted molar refractivity (Wildman–Crippen MR) is 92.6 cm³/mol. The highest BCUT2D eigenvalue weighted by atomic mass is 35.5. The smallest absolute Gasteiger partial charge is 0.322 e. The van der Waals surface area contributed by atoms with Crippen LogP contribution in [0.5, 0.6) is 5.75 Å². The van der Waals surface area contributed by atoms with Crippen molar-refractivity contribution in [2.24, 2.45) is 0 Å². The highest BCUT2D eigenvalue weighted by Crippen LogP contribution is 2.29. The Balaban J connectivity index is 1.76. The maximum Gasteiger partial charge on any atom is 0.322 e. The van der Waals surface area contributed by atoms with Gasteiger partial charge in [0.2, 0.25) is 0 Å². The Morgan fingerprint density at radius 2 is 2.00 bits per heavy atom. The molecule has 0 saturated carbocycles. The Morgan fingerprint density at radius 3 is 2.67 bits per heavy atom. The molecular weight excluding hydrogens is 354 g/mol. The van der Waals surface area contributed by atoms with Crippen LogP contribution in [0.3, 0.4) is 0 Å². The van der Waals surface area contributed by atoms with Gasteiger partial charge in [0.15, 0.2) is 9.84 Å². The van der Waals surface area contributed by atoms with Crippen LogP contribution in [-0.4, -0.2) is 75.1 Å². The van der Waals surface area contributed by atoms with Gasteiger partial charge in [-0.1, -0.05) is 11.6 Å². The molecule has 2 heterocycles. The summed E-state index contributed by atoms with van der Waals surface area (Å²) >= 11 is 6.07. The molecule has 0 spiro atoms. The number of nitrogens with zero attached hydrogens (tertiary/aromatic N) is 2. The second kappa shape index (κ2) is 6.42. The zero-order chi connectivity index (χ0) is 17.5. The summed E-state index contributed by atoms with van der Waals surface area (Å²) in [4.78, 5) is 16.3. The normalized spacial score (nSPS) is 26.0. The molecule has 1 N–H and O–H groups in total. The fourth-order valence-electron chi connectivity index (χ4n) is 3.32. The van der Waals surface area contributed by atoms with Crippen LogP contribution in [0.2, 0.25) is 5.02 Å². The molecule has 0 aromatic heterocycles. The van der Waals surface area contributed by atoms with Crippen molar-refractivity contribution in [1.29, 1.82) is 0 Å². The number of carbonyl (C=O) groups is 1. The molecule has 1 aromatic carbocycles. The van der Waals surface area contributed by atoms with Crippen molar-refractivity contribution >= 4 is 33.2 Å². The molecule has 1 aromatic rings. The zero-order valence-electron chi connectivity index (χ0n) is 13.5. The van der Waals surface area contributed by atoms with Crippen molar-refractivity contribution in [3.63, 3.8) is 0 Å². The zero-order valence-corrected chi connectivity index (χ0v) is 15.1. The molecule has 2 atom stereocenters. The van der Waals surface area contributed by atoms with Crippen LogP contribution in [0, 0.1) is 0 Å². The minimum atomic E-state index is -3.12. The number of sulfone groups is 1. The van der Waals surface area contributed by atoms with Gasteiger partial charge in [0.05, 0.1) is 29.7 Å². The molecule has 132 valence electrons. The number of rotatable bonds is 2. The van der Waals surface area contributed by atoms with E-state index >= 15 is 0 Å². The lowest BCUT2D eigenvalue weighted by molar-refractivity contribution is 0.0893. The second-order valence-electron chi connectivity index (χ2n) is 6.17. The summed E-state index contributed by atoms with van der Waals surface area (Å²) in [6.45, 7) is 1.14. The average molecular weight is 374 g/mol. The lowest BCUT2D eigenvalue weighted by Crippen LogP contribution is -2.60. The lowest BCUT2D eigenvalue weighted by Gasteiger charge is -2.42. The number of nitrogens with one attached hydrogen (secondary N) is 1. The number of amides is 2. The van der Waals surface area contributed by atoms with E-state index < -0.39 is 9.84 Å². The van der Waals surface area contributed by atoms with Crippen LogP contribution in [0.4, 0.5) is 10.5 Å². The predicted octanol–water partition coefficient (Wildman–Crippen LogP) is 1.29. The summed E-state index contributed by atoms with van der Waals surface area (Å²) in [5.74, 6) is 0.640. The van der Waals surface area contributed by atoms with E-state index in [9.17, 15) is 13.2 Å². The molecule has 0 bridgehead atoms. The molecule has 0 aliphatic carbocycles. The number of carbonyl (C=O) groups excluding carboxylic acids is 1. The van der Waals surface area contributed by atoms with Gasteiger partial charge in [-0.2, -0.15) is 0 Å². The number of hydrogen-bond donors (Lipinski definition) is 1. The molecular formula is C15H20ClN3O4S. The number of fused-ring (bicyclic) bond motifs is 1. The molecule has 2 saturated heterocycles. The summed E-state index contributed by atoms with van der Waals surface area (Å²) in [6, 6.07) is 4.21. The second-order valence-corrected chi connectivity index (χ2v) is 8.73. The van der Waals surface area contributed by atoms with Gasteiger partial charge in [0.25, 0.3) is 0 Å². The summed E-state index contributed by atoms with van der Waals surface area (Å²) in [5.41, 5.74) is 0.544. The minimum Gasteiger partial charge on any atom is -0.495 e. The first kappa shape index (κ1) is 17.3. The third kappa shape index (κ3) is 3.31. The van der Waals surface area contributed by atoms with Gasteiger partial charge in [-0.25, -0.2) is 13.2 Å². The summed E-state index contributed by atoms with van der Waals surface area (Å²) in [7, 11) is 0.300. The van der Waals surface area contributed by atoms with Gasteiger partial charge in [-0.15, -0.1) is 0 Å². The van der Waals surface area contributed by atoms with E-state index in [0.717, 1.165) is 0 Å². The van der Waals surface area contributed by atoms with Gasteiger partial charge >= 0.3 is 6.03 Å². The highest BCUT2D eigenvalue weighted by Gasteiger charge is 2.46. The summed E-state index contributed by atoms with van der Waals surface area (Å²) < 4.78 is 29.0. The first-order valence-electron chi connectivity index (χ1n) is 7.62. The van der Waals surface area contributed by atoms with E-state index in [4.69, 9.17) is 16.3 Å². The van der Waals surface area contributed by atoms with Gasteiger partial charge in [-0.3, -0.25) is 4.90 Å². The monoisotopic (exact) mass is 373 g/mol. The lowest BCUT2D eigenvalue weighted by atomic mass is 10.1. The number of piperazine rings is 1. The number of ether oxygens (including phenoxy) is 1. The van der Waals surface area contributed by atoms with Crippen LogP contribution < -0.4 is 10.1 Å². The Morgan fingerprint density at radius 1 is 1.29 bits per heavy atom. The summed E-state index contributed by atoms with van der Waals surface area (Å²) in [5, 5.41) is 3.19. The molecule has 3 rings (SSSR count). The Kier molecular flexibility index (Phi) is 4.63. The van der Waals surface area contributed by atoms with Crippen molar-refractivity contribution in [2.75, 3.05) is 44.1 Å². The van der Waals surface area contributed by atoms with E-state index in [0.29, 0.717) is 29.5 Å². The van der Waals surface area contributed by atoms with Crippen molar-refractivity contribution in [3.05, 3.63) is 23.2 Å². The largest absolute Gasteiger partial charge is 0.495 e. The molecule has 0 radical (unpaired) electrons. The molecule has 9 heteroatoms. The maximum atomic E-state index is 12.6. The van der Waals surface area contributed by atoms with E-state index in [-0.39, 0.29) is 29.6 Å².